The van der Waals surface area contributed by atoms with Gasteiger partial charge in [-0.25, -0.2) is 0 Å². The summed E-state index contributed by atoms with van der Waals surface area (Å²) in [4.78, 5) is 18.8. The lowest BCUT2D eigenvalue weighted by Crippen LogP contribution is -2.29. The zero-order valence-electron chi connectivity index (χ0n) is 21.0. The summed E-state index contributed by atoms with van der Waals surface area (Å²) in [5.74, 6) is 1.14. The molecular weight excluding hydrogens is 539 g/mol. The predicted molar refractivity (Wildman–Crippen MR) is 157 cm³/mol. The van der Waals surface area contributed by atoms with Gasteiger partial charge < -0.3 is 20.0 Å². The lowest BCUT2D eigenvalue weighted by Gasteiger charge is -2.26. The quantitative estimate of drug-likeness (QED) is 0.233. The van der Waals surface area contributed by atoms with Crippen molar-refractivity contribution in [1.29, 1.82) is 0 Å². The smallest absolute Gasteiger partial charge is 0.226 e. The molecular formula is C29H26Cl2N4O2S. The SMILES string of the molecule is Cc1ccc(Cl)cc1-c1ccc([C@@H]2[C@@H](c3ccccn3)NC(=S)N2c2ccc(NC(=O)C(C)C)c(Cl)c2)o1. The number of hydrogen-bond donors (Lipinski definition) is 2. The molecule has 9 heteroatoms. The van der Waals surface area contributed by atoms with Crippen molar-refractivity contribution in [3.63, 3.8) is 0 Å². The highest BCUT2D eigenvalue weighted by molar-refractivity contribution is 7.80. The molecule has 5 rings (SSSR count). The van der Waals surface area contributed by atoms with E-state index in [1.54, 1.807) is 18.3 Å². The maximum absolute atomic E-state index is 12.2. The summed E-state index contributed by atoms with van der Waals surface area (Å²) in [6.07, 6.45) is 1.76. The van der Waals surface area contributed by atoms with Gasteiger partial charge in [0.25, 0.3) is 0 Å². The number of aromatic nitrogens is 1. The normalized spacial score (nSPS) is 17.1. The van der Waals surface area contributed by atoms with Crippen LogP contribution in [0.4, 0.5) is 11.4 Å². The first-order valence-corrected chi connectivity index (χ1v) is 13.4. The monoisotopic (exact) mass is 564 g/mol. The van der Waals surface area contributed by atoms with E-state index in [-0.39, 0.29) is 23.9 Å². The van der Waals surface area contributed by atoms with E-state index >= 15 is 0 Å². The fourth-order valence-electron chi connectivity index (χ4n) is 4.47. The second kappa shape index (κ2) is 10.8. The third-order valence-corrected chi connectivity index (χ3v) is 7.36. The molecule has 0 bridgehead atoms. The standard InChI is InChI=1S/C29H26Cl2N4O2S/c1-16(2)28(36)33-22-10-9-19(15-21(22)31)35-27(26(34-29(35)38)23-6-4-5-13-32-23)25-12-11-24(37-25)20-14-18(30)8-7-17(20)3/h4-16,26-27H,1-3H3,(H,33,36)(H,34,38)/t26-,27-/m1/s1. The first-order chi connectivity index (χ1) is 18.2. The number of thiocarbonyl (C=S) groups is 1. The largest absolute Gasteiger partial charge is 0.459 e. The molecule has 1 saturated heterocycles. The Morgan fingerprint density at radius 2 is 1.92 bits per heavy atom. The first-order valence-electron chi connectivity index (χ1n) is 12.2. The summed E-state index contributed by atoms with van der Waals surface area (Å²) < 4.78 is 6.46. The van der Waals surface area contributed by atoms with Gasteiger partial charge in [0.15, 0.2) is 5.11 Å². The van der Waals surface area contributed by atoms with Gasteiger partial charge in [-0.3, -0.25) is 9.78 Å². The van der Waals surface area contributed by atoms with E-state index in [2.05, 4.69) is 15.6 Å². The fraction of sp³-hybridized carbons (Fsp3) is 0.207. The molecule has 0 aliphatic carbocycles. The Labute approximate surface area is 237 Å². The summed E-state index contributed by atoms with van der Waals surface area (Å²) in [5.41, 5.74) is 4.11. The van der Waals surface area contributed by atoms with Crippen LogP contribution in [0.5, 0.6) is 0 Å². The number of halogens is 2. The summed E-state index contributed by atoms with van der Waals surface area (Å²) in [6, 6.07) is 20.2. The minimum atomic E-state index is -0.349. The van der Waals surface area contributed by atoms with Crippen LogP contribution in [-0.2, 0) is 4.79 Å². The van der Waals surface area contributed by atoms with Crippen LogP contribution in [0.3, 0.4) is 0 Å². The number of rotatable bonds is 6. The molecule has 1 aliphatic rings. The highest BCUT2D eigenvalue weighted by Crippen LogP contribution is 2.44. The molecule has 38 heavy (non-hydrogen) atoms. The molecule has 2 aromatic carbocycles. The van der Waals surface area contributed by atoms with Crippen molar-refractivity contribution >= 4 is 57.8 Å². The third kappa shape index (κ3) is 5.14. The molecule has 194 valence electrons. The van der Waals surface area contributed by atoms with Gasteiger partial charge in [-0.2, -0.15) is 0 Å². The minimum Gasteiger partial charge on any atom is -0.459 e. The molecule has 3 heterocycles. The van der Waals surface area contributed by atoms with E-state index < -0.39 is 0 Å². The molecule has 0 unspecified atom stereocenters. The maximum atomic E-state index is 12.2. The number of benzene rings is 2. The number of pyridine rings is 1. The van der Waals surface area contributed by atoms with Crippen LogP contribution in [0.15, 0.2) is 77.3 Å². The van der Waals surface area contributed by atoms with Crippen molar-refractivity contribution in [3.05, 3.63) is 100.0 Å². The van der Waals surface area contributed by atoms with Crippen molar-refractivity contribution in [2.24, 2.45) is 5.92 Å². The fourth-order valence-corrected chi connectivity index (χ4v) is 5.21. The van der Waals surface area contributed by atoms with E-state index in [4.69, 9.17) is 39.8 Å². The van der Waals surface area contributed by atoms with Gasteiger partial charge in [0.1, 0.15) is 17.6 Å². The number of aryl methyl sites for hydroxylation is 1. The topological polar surface area (TPSA) is 70.4 Å². The van der Waals surface area contributed by atoms with Crippen LogP contribution < -0.4 is 15.5 Å². The van der Waals surface area contributed by atoms with Crippen molar-refractivity contribution in [2.75, 3.05) is 10.2 Å². The number of hydrogen-bond acceptors (Lipinski definition) is 4. The lowest BCUT2D eigenvalue weighted by atomic mass is 10.0. The summed E-state index contributed by atoms with van der Waals surface area (Å²) in [5, 5.41) is 7.85. The van der Waals surface area contributed by atoms with Gasteiger partial charge in [-0.1, -0.05) is 49.2 Å². The Morgan fingerprint density at radius 1 is 1.11 bits per heavy atom. The van der Waals surface area contributed by atoms with E-state index in [0.717, 1.165) is 22.5 Å². The molecule has 0 radical (unpaired) electrons. The van der Waals surface area contributed by atoms with E-state index in [9.17, 15) is 4.79 Å². The van der Waals surface area contributed by atoms with Crippen LogP contribution in [0.25, 0.3) is 11.3 Å². The van der Waals surface area contributed by atoms with Gasteiger partial charge in [0.05, 0.1) is 22.4 Å². The molecule has 0 saturated carbocycles. The highest BCUT2D eigenvalue weighted by atomic mass is 35.5. The number of anilines is 2. The predicted octanol–water partition coefficient (Wildman–Crippen LogP) is 7.73. The van der Waals surface area contributed by atoms with Crippen molar-refractivity contribution in [2.45, 2.75) is 32.9 Å². The second-order valence-corrected chi connectivity index (χ2v) is 10.7. The molecule has 1 fully saturated rings. The Balaban J connectivity index is 1.56. The number of carbonyl (C=O) groups excluding carboxylic acids is 1. The summed E-state index contributed by atoms with van der Waals surface area (Å²) in [6.45, 7) is 5.68. The van der Waals surface area contributed by atoms with Crippen molar-refractivity contribution in [3.8, 4) is 11.3 Å². The number of amides is 1. The summed E-state index contributed by atoms with van der Waals surface area (Å²) in [7, 11) is 0. The molecule has 2 atom stereocenters. The van der Waals surface area contributed by atoms with Crippen molar-refractivity contribution in [1.82, 2.24) is 10.3 Å². The van der Waals surface area contributed by atoms with E-state index in [0.29, 0.717) is 32.4 Å². The van der Waals surface area contributed by atoms with Crippen LogP contribution in [-0.4, -0.2) is 16.0 Å². The molecule has 1 amide bonds. The number of furan rings is 1. The highest BCUT2D eigenvalue weighted by Gasteiger charge is 2.42. The van der Waals surface area contributed by atoms with E-state index in [1.807, 2.05) is 80.3 Å². The Morgan fingerprint density at radius 3 is 2.63 bits per heavy atom. The molecule has 0 spiro atoms. The lowest BCUT2D eigenvalue weighted by molar-refractivity contribution is -0.118. The summed E-state index contributed by atoms with van der Waals surface area (Å²) >= 11 is 18.7. The minimum absolute atomic E-state index is 0.106. The maximum Gasteiger partial charge on any atom is 0.226 e. The molecule has 4 aromatic rings. The van der Waals surface area contributed by atoms with E-state index in [1.165, 1.54) is 0 Å². The number of nitrogens with zero attached hydrogens (tertiary/aromatic N) is 2. The Kier molecular flexibility index (Phi) is 7.43. The van der Waals surface area contributed by atoms with Gasteiger partial charge in [0, 0.05) is 28.4 Å². The zero-order chi connectivity index (χ0) is 27.0. The van der Waals surface area contributed by atoms with Crippen LogP contribution in [0, 0.1) is 12.8 Å². The van der Waals surface area contributed by atoms with Gasteiger partial charge >= 0.3 is 0 Å². The van der Waals surface area contributed by atoms with Crippen LogP contribution in [0.2, 0.25) is 10.0 Å². The second-order valence-electron chi connectivity index (χ2n) is 9.47. The van der Waals surface area contributed by atoms with Gasteiger partial charge in [-0.15, -0.1) is 0 Å². The molecule has 2 aromatic heterocycles. The van der Waals surface area contributed by atoms with Crippen LogP contribution >= 0.6 is 35.4 Å². The average Bonchev–Trinajstić information content (AvgIpc) is 3.51. The van der Waals surface area contributed by atoms with Gasteiger partial charge in [0.2, 0.25) is 5.91 Å². The molecule has 6 nitrogen and oxygen atoms in total. The Hall–Kier alpha value is -3.39. The number of nitrogens with one attached hydrogen (secondary N) is 2. The van der Waals surface area contributed by atoms with Crippen LogP contribution in [0.1, 0.15) is 42.9 Å². The van der Waals surface area contributed by atoms with Gasteiger partial charge in [-0.05, 0) is 79.3 Å². The van der Waals surface area contributed by atoms with Crippen molar-refractivity contribution < 1.29 is 9.21 Å². The zero-order valence-corrected chi connectivity index (χ0v) is 23.4. The average molecular weight is 566 g/mol. The third-order valence-electron chi connectivity index (χ3n) is 6.49. The molecule has 1 aliphatic heterocycles. The molecule has 2 N–H and O–H groups in total. The first kappa shape index (κ1) is 26.2. The number of carbonyl (C=O) groups is 1. The Bertz CT molecular complexity index is 1510.